The number of rotatable bonds is 6. The van der Waals surface area contributed by atoms with E-state index in [1.807, 2.05) is 6.07 Å². The fraction of sp³-hybridized carbons (Fsp3) is 0.176. The molecule has 0 radical (unpaired) electrons. The van der Waals surface area contributed by atoms with Crippen LogP contribution in [0.5, 0.6) is 5.75 Å². The number of anilines is 1. The second-order valence-electron chi connectivity index (χ2n) is 4.77. The lowest BCUT2D eigenvalue weighted by Crippen LogP contribution is -2.36. The summed E-state index contributed by atoms with van der Waals surface area (Å²) < 4.78 is 32.2. The number of nitriles is 1. The zero-order valence-electron chi connectivity index (χ0n) is 12.5. The van der Waals surface area contributed by atoms with Gasteiger partial charge in [0.05, 0.1) is 23.2 Å². The van der Waals surface area contributed by atoms with Gasteiger partial charge in [0.1, 0.15) is 17.4 Å². The van der Waals surface area contributed by atoms with Gasteiger partial charge in [-0.2, -0.15) is 5.26 Å². The summed E-state index contributed by atoms with van der Waals surface area (Å²) in [6.45, 7) is -0.401. The average Bonchev–Trinajstić information content (AvgIpc) is 2.56. The predicted molar refractivity (Wildman–Crippen MR) is 85.9 cm³/mol. The first kappa shape index (κ1) is 17.7. The fourth-order valence-corrected chi connectivity index (χ4v) is 2.24. The number of halogens is 3. The third kappa shape index (κ3) is 4.43. The van der Waals surface area contributed by atoms with Crippen LogP contribution in [0.1, 0.15) is 6.42 Å². The molecule has 0 N–H and O–H groups in total. The maximum absolute atomic E-state index is 13.9. The molecule has 0 aliphatic rings. The molecular formula is C17H13ClF2N2O2. The fourth-order valence-electron chi connectivity index (χ4n) is 2.02. The Bertz CT molecular complexity index is 777. The van der Waals surface area contributed by atoms with E-state index < -0.39 is 24.1 Å². The highest BCUT2D eigenvalue weighted by molar-refractivity contribution is 6.32. The van der Waals surface area contributed by atoms with Crippen molar-refractivity contribution in [3.63, 3.8) is 0 Å². The van der Waals surface area contributed by atoms with Crippen LogP contribution in [0.25, 0.3) is 0 Å². The highest BCUT2D eigenvalue weighted by Gasteiger charge is 2.19. The van der Waals surface area contributed by atoms with Crippen LogP contribution in [0.2, 0.25) is 5.02 Å². The molecule has 0 aliphatic carbocycles. The molecule has 0 atom stereocenters. The molecule has 2 aromatic carbocycles. The molecule has 0 bridgehead atoms. The van der Waals surface area contributed by atoms with Gasteiger partial charge in [-0.1, -0.05) is 23.7 Å². The van der Waals surface area contributed by atoms with Gasteiger partial charge < -0.3 is 9.64 Å². The Morgan fingerprint density at radius 3 is 2.67 bits per heavy atom. The van der Waals surface area contributed by atoms with E-state index in [2.05, 4.69) is 0 Å². The molecular weight excluding hydrogens is 338 g/mol. The van der Waals surface area contributed by atoms with Crippen molar-refractivity contribution in [2.24, 2.45) is 0 Å². The Kier molecular flexibility index (Phi) is 6.10. The molecule has 0 saturated carbocycles. The maximum Gasteiger partial charge on any atom is 0.265 e. The molecule has 124 valence electrons. The Balaban J connectivity index is 2.13. The first-order valence-electron chi connectivity index (χ1n) is 7.02. The Hall–Kier alpha value is -2.65. The average molecular weight is 351 g/mol. The zero-order chi connectivity index (χ0) is 17.5. The van der Waals surface area contributed by atoms with E-state index in [1.165, 1.54) is 24.3 Å². The number of carbonyl (C=O) groups excluding carboxylic acids is 1. The molecule has 0 heterocycles. The number of hydrogen-bond donors (Lipinski definition) is 0. The molecule has 4 nitrogen and oxygen atoms in total. The summed E-state index contributed by atoms with van der Waals surface area (Å²) in [5, 5.41) is 8.74. The third-order valence-electron chi connectivity index (χ3n) is 3.14. The standard InChI is InChI=1S/C17H13ClF2N2O2/c18-13-10-12(19)6-7-16(13)24-11-17(23)22(9-3-8-21)15-5-2-1-4-14(15)20/h1-2,4-7,10H,3,9,11H2. The zero-order valence-corrected chi connectivity index (χ0v) is 13.3. The first-order valence-corrected chi connectivity index (χ1v) is 7.40. The number of ether oxygens (including phenoxy) is 1. The van der Waals surface area contributed by atoms with E-state index in [0.717, 1.165) is 17.0 Å². The van der Waals surface area contributed by atoms with Gasteiger partial charge in [0.15, 0.2) is 6.61 Å². The summed E-state index contributed by atoms with van der Waals surface area (Å²) in [6.07, 6.45) is 0.0391. The maximum atomic E-state index is 13.9. The molecule has 7 heteroatoms. The van der Waals surface area contributed by atoms with Crippen LogP contribution in [-0.4, -0.2) is 19.1 Å². The van der Waals surface area contributed by atoms with Crippen LogP contribution in [0, 0.1) is 23.0 Å². The number of hydrogen-bond acceptors (Lipinski definition) is 3. The highest BCUT2D eigenvalue weighted by Crippen LogP contribution is 2.25. The quantitative estimate of drug-likeness (QED) is 0.792. The second kappa shape index (κ2) is 8.27. The van der Waals surface area contributed by atoms with Crippen molar-refractivity contribution in [1.29, 1.82) is 5.26 Å². The number of carbonyl (C=O) groups is 1. The summed E-state index contributed by atoms with van der Waals surface area (Å²) in [6, 6.07) is 11.2. The monoisotopic (exact) mass is 350 g/mol. The molecule has 0 unspecified atom stereocenters. The molecule has 2 aromatic rings. The van der Waals surface area contributed by atoms with E-state index in [1.54, 1.807) is 6.07 Å². The smallest absolute Gasteiger partial charge is 0.265 e. The molecule has 0 saturated heterocycles. The van der Waals surface area contributed by atoms with Crippen LogP contribution in [0.3, 0.4) is 0 Å². The summed E-state index contributed by atoms with van der Waals surface area (Å²) in [7, 11) is 0. The van der Waals surface area contributed by atoms with Crippen LogP contribution in [0.15, 0.2) is 42.5 Å². The third-order valence-corrected chi connectivity index (χ3v) is 3.43. The summed E-state index contributed by atoms with van der Waals surface area (Å²) in [5.41, 5.74) is 0.0616. The normalized spacial score (nSPS) is 10.1. The Morgan fingerprint density at radius 2 is 2.00 bits per heavy atom. The number of para-hydroxylation sites is 1. The van der Waals surface area contributed by atoms with Crippen LogP contribution < -0.4 is 9.64 Å². The molecule has 2 rings (SSSR count). The minimum atomic E-state index is -0.580. The summed E-state index contributed by atoms with van der Waals surface area (Å²) in [4.78, 5) is 13.5. The van der Waals surface area contributed by atoms with Gasteiger partial charge in [0.2, 0.25) is 0 Å². The van der Waals surface area contributed by atoms with Crippen molar-refractivity contribution < 1.29 is 18.3 Å². The lowest BCUT2D eigenvalue weighted by molar-refractivity contribution is -0.120. The van der Waals surface area contributed by atoms with Crippen molar-refractivity contribution in [3.8, 4) is 11.8 Å². The lowest BCUT2D eigenvalue weighted by Gasteiger charge is -2.22. The van der Waals surface area contributed by atoms with E-state index in [-0.39, 0.29) is 29.4 Å². The number of benzene rings is 2. The highest BCUT2D eigenvalue weighted by atomic mass is 35.5. The minimum Gasteiger partial charge on any atom is -0.482 e. The first-order chi connectivity index (χ1) is 11.5. The Labute approximate surface area is 142 Å². The van der Waals surface area contributed by atoms with Crippen molar-refractivity contribution in [3.05, 3.63) is 59.1 Å². The van der Waals surface area contributed by atoms with Crippen molar-refractivity contribution in [2.45, 2.75) is 6.42 Å². The molecule has 0 fully saturated rings. The number of amides is 1. The van der Waals surface area contributed by atoms with Gasteiger partial charge in [-0.3, -0.25) is 4.79 Å². The van der Waals surface area contributed by atoms with E-state index in [4.69, 9.17) is 21.6 Å². The summed E-state index contributed by atoms with van der Waals surface area (Å²) >= 11 is 5.83. The van der Waals surface area contributed by atoms with Crippen LogP contribution >= 0.6 is 11.6 Å². The van der Waals surface area contributed by atoms with Crippen molar-refractivity contribution in [2.75, 3.05) is 18.1 Å². The molecule has 24 heavy (non-hydrogen) atoms. The SMILES string of the molecule is N#CCCN(C(=O)COc1ccc(F)cc1Cl)c1ccccc1F. The van der Waals surface area contributed by atoms with E-state index in [0.29, 0.717) is 0 Å². The van der Waals surface area contributed by atoms with Gasteiger partial charge in [-0.25, -0.2) is 8.78 Å². The Morgan fingerprint density at radius 1 is 1.25 bits per heavy atom. The van der Waals surface area contributed by atoms with Gasteiger partial charge in [0.25, 0.3) is 5.91 Å². The lowest BCUT2D eigenvalue weighted by atomic mass is 10.2. The van der Waals surface area contributed by atoms with Gasteiger partial charge in [-0.15, -0.1) is 0 Å². The largest absolute Gasteiger partial charge is 0.482 e. The van der Waals surface area contributed by atoms with Crippen molar-refractivity contribution >= 4 is 23.2 Å². The van der Waals surface area contributed by atoms with E-state index in [9.17, 15) is 13.6 Å². The minimum absolute atomic E-state index is 0.0246. The van der Waals surface area contributed by atoms with Crippen molar-refractivity contribution in [1.82, 2.24) is 0 Å². The number of nitrogens with zero attached hydrogens (tertiary/aromatic N) is 2. The topological polar surface area (TPSA) is 53.3 Å². The predicted octanol–water partition coefficient (Wildman–Crippen LogP) is 3.94. The van der Waals surface area contributed by atoms with Gasteiger partial charge >= 0.3 is 0 Å². The molecule has 0 aromatic heterocycles. The second-order valence-corrected chi connectivity index (χ2v) is 5.18. The van der Waals surface area contributed by atoms with Crippen LogP contribution in [-0.2, 0) is 4.79 Å². The summed E-state index contributed by atoms with van der Waals surface area (Å²) in [5.74, 6) is -1.51. The van der Waals surface area contributed by atoms with Gasteiger partial charge in [0, 0.05) is 6.54 Å². The van der Waals surface area contributed by atoms with E-state index >= 15 is 0 Å². The molecule has 0 aliphatic heterocycles. The van der Waals surface area contributed by atoms with Crippen LogP contribution in [0.4, 0.5) is 14.5 Å². The molecule has 1 amide bonds. The molecule has 0 spiro atoms. The van der Waals surface area contributed by atoms with Gasteiger partial charge in [-0.05, 0) is 30.3 Å².